The van der Waals surface area contributed by atoms with Crippen LogP contribution in [0.15, 0.2) is 36.5 Å². The van der Waals surface area contributed by atoms with E-state index in [1.165, 1.54) is 5.56 Å². The van der Waals surface area contributed by atoms with Gasteiger partial charge in [-0.15, -0.1) is 11.3 Å². The Morgan fingerprint density at radius 1 is 1.42 bits per heavy atom. The molecule has 0 spiro atoms. The number of benzene rings is 1. The Balaban J connectivity index is 1.45. The summed E-state index contributed by atoms with van der Waals surface area (Å²) in [5, 5.41) is 3.90. The minimum Gasteiger partial charge on any atom is -0.375 e. The maximum absolute atomic E-state index is 12.3. The fourth-order valence-electron chi connectivity index (χ4n) is 2.80. The second-order valence-corrected chi connectivity index (χ2v) is 7.31. The second-order valence-electron chi connectivity index (χ2n) is 5.99. The molecule has 1 aromatic heterocycles. The van der Waals surface area contributed by atoms with Gasteiger partial charge in [-0.25, -0.2) is 9.78 Å². The number of urea groups is 1. The van der Waals surface area contributed by atoms with Crippen LogP contribution >= 0.6 is 11.3 Å². The Labute approximate surface area is 146 Å². The Morgan fingerprint density at radius 2 is 2.25 bits per heavy atom. The van der Waals surface area contributed by atoms with Crippen LogP contribution in [0.3, 0.4) is 0 Å². The summed E-state index contributed by atoms with van der Waals surface area (Å²) in [5.74, 6) is 0. The average Bonchev–Trinajstić information content (AvgIpc) is 3.04. The van der Waals surface area contributed by atoms with Gasteiger partial charge in [0.15, 0.2) is 0 Å². The molecular weight excluding hydrogens is 322 g/mol. The zero-order valence-electron chi connectivity index (χ0n) is 13.9. The van der Waals surface area contributed by atoms with Crippen LogP contribution in [0.4, 0.5) is 4.79 Å². The molecule has 2 amide bonds. The van der Waals surface area contributed by atoms with Crippen molar-refractivity contribution in [2.75, 3.05) is 19.7 Å². The molecule has 0 unspecified atom stereocenters. The van der Waals surface area contributed by atoms with Crippen LogP contribution in [0.2, 0.25) is 0 Å². The molecule has 1 aliphatic rings. The fourth-order valence-corrected chi connectivity index (χ4v) is 3.52. The SMILES string of the molecule is Cc1cnc(CNC(=O)N2CCO[C@@H](CCc3ccccc3)C2)s1. The van der Waals surface area contributed by atoms with Crippen molar-refractivity contribution in [1.29, 1.82) is 0 Å². The van der Waals surface area contributed by atoms with Crippen LogP contribution in [0.1, 0.15) is 21.9 Å². The lowest BCUT2D eigenvalue weighted by molar-refractivity contribution is -0.0176. The molecule has 2 heterocycles. The van der Waals surface area contributed by atoms with Crippen molar-refractivity contribution in [1.82, 2.24) is 15.2 Å². The van der Waals surface area contributed by atoms with Gasteiger partial charge in [0.05, 0.1) is 19.3 Å². The number of carbonyl (C=O) groups excluding carboxylic acids is 1. The van der Waals surface area contributed by atoms with E-state index in [0.717, 1.165) is 22.7 Å². The van der Waals surface area contributed by atoms with E-state index in [1.54, 1.807) is 11.3 Å². The first-order valence-corrected chi connectivity index (χ1v) is 9.12. The number of aryl methyl sites for hydroxylation is 2. The summed E-state index contributed by atoms with van der Waals surface area (Å²) in [7, 11) is 0. The van der Waals surface area contributed by atoms with E-state index >= 15 is 0 Å². The number of hydrogen-bond donors (Lipinski definition) is 1. The van der Waals surface area contributed by atoms with Gasteiger partial charge >= 0.3 is 6.03 Å². The Hall–Kier alpha value is -1.92. The van der Waals surface area contributed by atoms with Gasteiger partial charge in [-0.3, -0.25) is 0 Å². The highest BCUT2D eigenvalue weighted by atomic mass is 32.1. The number of morpholine rings is 1. The molecule has 1 saturated heterocycles. The van der Waals surface area contributed by atoms with E-state index in [4.69, 9.17) is 4.74 Å². The first kappa shape index (κ1) is 16.9. The first-order chi connectivity index (χ1) is 11.7. The van der Waals surface area contributed by atoms with Crippen molar-refractivity contribution in [3.05, 3.63) is 52.0 Å². The summed E-state index contributed by atoms with van der Waals surface area (Å²) >= 11 is 1.61. The highest BCUT2D eigenvalue weighted by Crippen LogP contribution is 2.14. The van der Waals surface area contributed by atoms with E-state index in [0.29, 0.717) is 26.2 Å². The summed E-state index contributed by atoms with van der Waals surface area (Å²) in [6.45, 7) is 4.40. The summed E-state index contributed by atoms with van der Waals surface area (Å²) in [4.78, 5) is 19.6. The lowest BCUT2D eigenvalue weighted by atomic mass is 10.1. The number of carbonyl (C=O) groups is 1. The van der Waals surface area contributed by atoms with E-state index in [1.807, 2.05) is 24.1 Å². The fraction of sp³-hybridized carbons (Fsp3) is 0.444. The van der Waals surface area contributed by atoms with E-state index in [2.05, 4.69) is 34.6 Å². The second kappa shape index (κ2) is 8.26. The van der Waals surface area contributed by atoms with Gasteiger partial charge in [-0.05, 0) is 25.3 Å². The standard InChI is InChI=1S/C18H23N3O2S/c1-14-11-19-17(24-14)12-20-18(22)21-9-10-23-16(13-21)8-7-15-5-3-2-4-6-15/h2-6,11,16H,7-10,12-13H2,1H3,(H,20,22)/t16-/m0/s1. The molecule has 1 atom stereocenters. The van der Waals surface area contributed by atoms with Crippen LogP contribution in [0.25, 0.3) is 0 Å². The lowest BCUT2D eigenvalue weighted by Crippen LogP contribution is -2.49. The Bertz CT molecular complexity index is 659. The largest absolute Gasteiger partial charge is 0.375 e. The Kier molecular flexibility index (Phi) is 5.82. The van der Waals surface area contributed by atoms with Gasteiger partial charge in [0, 0.05) is 24.2 Å². The number of thiazole rings is 1. The molecule has 1 fully saturated rings. The smallest absolute Gasteiger partial charge is 0.317 e. The number of amides is 2. The van der Waals surface area contributed by atoms with Crippen molar-refractivity contribution >= 4 is 17.4 Å². The molecule has 24 heavy (non-hydrogen) atoms. The molecule has 1 N–H and O–H groups in total. The molecule has 6 heteroatoms. The zero-order valence-corrected chi connectivity index (χ0v) is 14.7. The van der Waals surface area contributed by atoms with Gasteiger partial charge < -0.3 is 15.0 Å². The van der Waals surface area contributed by atoms with Crippen molar-refractivity contribution in [2.24, 2.45) is 0 Å². The molecule has 3 rings (SSSR count). The summed E-state index contributed by atoms with van der Waals surface area (Å²) in [5.41, 5.74) is 1.31. The maximum Gasteiger partial charge on any atom is 0.317 e. The summed E-state index contributed by atoms with van der Waals surface area (Å²) in [6, 6.07) is 10.4. The van der Waals surface area contributed by atoms with E-state index in [9.17, 15) is 4.79 Å². The zero-order chi connectivity index (χ0) is 16.8. The normalized spacial score (nSPS) is 17.7. The Morgan fingerprint density at radius 3 is 3.00 bits per heavy atom. The van der Waals surface area contributed by atoms with Gasteiger partial charge in [0.2, 0.25) is 0 Å². The molecule has 2 aromatic rings. The van der Waals surface area contributed by atoms with Crippen molar-refractivity contribution in [2.45, 2.75) is 32.4 Å². The monoisotopic (exact) mass is 345 g/mol. The van der Waals surface area contributed by atoms with Crippen LogP contribution in [-0.4, -0.2) is 41.7 Å². The summed E-state index contributed by atoms with van der Waals surface area (Å²) < 4.78 is 5.81. The van der Waals surface area contributed by atoms with Crippen molar-refractivity contribution in [3.8, 4) is 0 Å². The molecule has 1 aliphatic heterocycles. The molecule has 1 aromatic carbocycles. The molecule has 128 valence electrons. The van der Waals surface area contributed by atoms with E-state index in [-0.39, 0.29) is 12.1 Å². The van der Waals surface area contributed by atoms with Gasteiger partial charge in [-0.2, -0.15) is 0 Å². The quantitative estimate of drug-likeness (QED) is 0.906. The van der Waals surface area contributed by atoms with Crippen LogP contribution in [0, 0.1) is 6.92 Å². The third-order valence-corrected chi connectivity index (χ3v) is 5.00. The minimum absolute atomic E-state index is 0.0316. The average molecular weight is 345 g/mol. The predicted molar refractivity (Wildman–Crippen MR) is 95.2 cm³/mol. The molecular formula is C18H23N3O2S. The van der Waals surface area contributed by atoms with Crippen molar-refractivity contribution < 1.29 is 9.53 Å². The summed E-state index contributed by atoms with van der Waals surface area (Å²) in [6.07, 6.45) is 3.84. The van der Waals surface area contributed by atoms with Gasteiger partial charge in [0.1, 0.15) is 5.01 Å². The predicted octanol–water partition coefficient (Wildman–Crippen LogP) is 2.99. The number of ether oxygens (including phenoxy) is 1. The van der Waals surface area contributed by atoms with Gasteiger partial charge in [0.25, 0.3) is 0 Å². The van der Waals surface area contributed by atoms with Gasteiger partial charge in [-0.1, -0.05) is 30.3 Å². The molecule has 0 aliphatic carbocycles. The van der Waals surface area contributed by atoms with E-state index < -0.39 is 0 Å². The number of hydrogen-bond acceptors (Lipinski definition) is 4. The van der Waals surface area contributed by atoms with Crippen LogP contribution in [-0.2, 0) is 17.7 Å². The molecule has 0 radical (unpaired) electrons. The topological polar surface area (TPSA) is 54.5 Å². The maximum atomic E-state index is 12.3. The number of nitrogens with zero attached hydrogens (tertiary/aromatic N) is 2. The highest BCUT2D eigenvalue weighted by molar-refractivity contribution is 7.11. The molecule has 0 bridgehead atoms. The number of rotatable bonds is 5. The highest BCUT2D eigenvalue weighted by Gasteiger charge is 2.24. The van der Waals surface area contributed by atoms with Crippen molar-refractivity contribution in [3.63, 3.8) is 0 Å². The number of nitrogens with one attached hydrogen (secondary N) is 1. The lowest BCUT2D eigenvalue weighted by Gasteiger charge is -2.33. The minimum atomic E-state index is -0.0316. The number of aromatic nitrogens is 1. The third-order valence-electron chi connectivity index (χ3n) is 4.08. The first-order valence-electron chi connectivity index (χ1n) is 8.30. The molecule has 5 nitrogen and oxygen atoms in total. The third kappa shape index (κ3) is 4.79. The molecule has 0 saturated carbocycles. The van der Waals surface area contributed by atoms with Crippen LogP contribution in [0.5, 0.6) is 0 Å². The van der Waals surface area contributed by atoms with Crippen LogP contribution < -0.4 is 5.32 Å².